The molecule has 0 aliphatic carbocycles. The van der Waals surface area contributed by atoms with E-state index >= 15 is 0 Å². The zero-order valence-electron chi connectivity index (χ0n) is 9.64. The first-order chi connectivity index (χ1) is 8.56. The van der Waals surface area contributed by atoms with Gasteiger partial charge in [0.15, 0.2) is 0 Å². The number of nitrogens with one attached hydrogen (secondary N) is 1. The Morgan fingerprint density at radius 2 is 2.11 bits per heavy atom. The lowest BCUT2D eigenvalue weighted by Gasteiger charge is -2.07. The molecule has 2 rings (SSSR count). The summed E-state index contributed by atoms with van der Waals surface area (Å²) in [4.78, 5) is 20.1. The molecule has 18 heavy (non-hydrogen) atoms. The fourth-order valence-electron chi connectivity index (χ4n) is 1.46. The lowest BCUT2D eigenvalue weighted by Crippen LogP contribution is -2.14. The third-order valence-electron chi connectivity index (χ3n) is 2.32. The standard InChI is InChI=1S/C12H11BrN4O/c1-7-11(3-9(14)5-16-7)12(18)17-10-2-8(13)4-15-6-10/h2-6H,14H2,1H3,(H,17,18). The van der Waals surface area contributed by atoms with Crippen LogP contribution in [0.15, 0.2) is 35.2 Å². The molecule has 3 N–H and O–H groups in total. The quantitative estimate of drug-likeness (QED) is 0.892. The van der Waals surface area contributed by atoms with E-state index in [0.29, 0.717) is 22.6 Å². The van der Waals surface area contributed by atoms with Crippen molar-refractivity contribution in [2.45, 2.75) is 6.92 Å². The summed E-state index contributed by atoms with van der Waals surface area (Å²) in [5.74, 6) is -0.257. The van der Waals surface area contributed by atoms with Crippen molar-refractivity contribution >= 4 is 33.2 Å². The van der Waals surface area contributed by atoms with Gasteiger partial charge in [0.1, 0.15) is 0 Å². The highest BCUT2D eigenvalue weighted by Crippen LogP contribution is 2.16. The number of hydrogen-bond acceptors (Lipinski definition) is 4. The molecule has 1 amide bonds. The summed E-state index contributed by atoms with van der Waals surface area (Å²) in [7, 11) is 0. The maximum absolute atomic E-state index is 12.0. The maximum atomic E-state index is 12.0. The van der Waals surface area contributed by atoms with Crippen LogP contribution in [-0.2, 0) is 0 Å². The predicted molar refractivity (Wildman–Crippen MR) is 73.3 cm³/mol. The molecule has 0 radical (unpaired) electrons. The molecule has 0 aliphatic rings. The van der Waals surface area contributed by atoms with Gasteiger partial charge in [-0.2, -0.15) is 0 Å². The smallest absolute Gasteiger partial charge is 0.257 e. The van der Waals surface area contributed by atoms with E-state index in [0.717, 1.165) is 4.47 Å². The molecule has 5 nitrogen and oxygen atoms in total. The van der Waals surface area contributed by atoms with Gasteiger partial charge >= 0.3 is 0 Å². The number of hydrogen-bond donors (Lipinski definition) is 2. The van der Waals surface area contributed by atoms with E-state index in [9.17, 15) is 4.79 Å². The van der Waals surface area contributed by atoms with Gasteiger partial charge < -0.3 is 11.1 Å². The minimum absolute atomic E-state index is 0.257. The average Bonchev–Trinajstić information content (AvgIpc) is 2.32. The van der Waals surface area contributed by atoms with Crippen molar-refractivity contribution < 1.29 is 4.79 Å². The molecular formula is C12H11BrN4O. The number of anilines is 2. The molecule has 2 heterocycles. The van der Waals surface area contributed by atoms with Crippen molar-refractivity contribution in [2.75, 3.05) is 11.1 Å². The second-order valence-corrected chi connectivity index (χ2v) is 4.66. The Hall–Kier alpha value is -1.95. The molecule has 2 aromatic rings. The topological polar surface area (TPSA) is 80.9 Å². The van der Waals surface area contributed by atoms with E-state index in [1.165, 1.54) is 6.20 Å². The second kappa shape index (κ2) is 5.14. The van der Waals surface area contributed by atoms with Gasteiger partial charge in [-0.1, -0.05) is 0 Å². The Balaban J connectivity index is 2.24. The van der Waals surface area contributed by atoms with Gasteiger partial charge in [-0.3, -0.25) is 14.8 Å². The Morgan fingerprint density at radius 3 is 2.83 bits per heavy atom. The third-order valence-corrected chi connectivity index (χ3v) is 2.75. The van der Waals surface area contributed by atoms with Crippen molar-refractivity contribution in [2.24, 2.45) is 0 Å². The normalized spacial score (nSPS) is 10.1. The van der Waals surface area contributed by atoms with Crippen LogP contribution in [0.2, 0.25) is 0 Å². The highest BCUT2D eigenvalue weighted by Gasteiger charge is 2.11. The van der Waals surface area contributed by atoms with Crippen LogP contribution in [0.25, 0.3) is 0 Å². The van der Waals surface area contributed by atoms with Crippen molar-refractivity contribution in [3.05, 3.63) is 46.5 Å². The number of amides is 1. The Labute approximate surface area is 113 Å². The van der Waals surface area contributed by atoms with Gasteiger partial charge in [-0.15, -0.1) is 0 Å². The van der Waals surface area contributed by atoms with Crippen molar-refractivity contribution in [1.82, 2.24) is 9.97 Å². The molecule has 0 bridgehead atoms. The monoisotopic (exact) mass is 306 g/mol. The summed E-state index contributed by atoms with van der Waals surface area (Å²) in [6.07, 6.45) is 4.73. The van der Waals surface area contributed by atoms with Gasteiger partial charge in [0.05, 0.1) is 35.0 Å². The van der Waals surface area contributed by atoms with Gasteiger partial charge in [-0.25, -0.2) is 0 Å². The van der Waals surface area contributed by atoms with Crippen LogP contribution in [0.5, 0.6) is 0 Å². The average molecular weight is 307 g/mol. The summed E-state index contributed by atoms with van der Waals surface area (Å²) in [6, 6.07) is 3.36. The van der Waals surface area contributed by atoms with Crippen molar-refractivity contribution in [3.8, 4) is 0 Å². The van der Waals surface area contributed by atoms with Crippen LogP contribution in [0.4, 0.5) is 11.4 Å². The summed E-state index contributed by atoms with van der Waals surface area (Å²) in [5.41, 5.74) is 7.77. The zero-order valence-corrected chi connectivity index (χ0v) is 11.2. The van der Waals surface area contributed by atoms with E-state index in [4.69, 9.17) is 5.73 Å². The molecule has 0 saturated carbocycles. The summed E-state index contributed by atoms with van der Waals surface area (Å²) >= 11 is 3.29. The molecule has 2 aromatic heterocycles. The molecule has 0 aliphatic heterocycles. The van der Waals surface area contributed by atoms with Crippen molar-refractivity contribution in [3.63, 3.8) is 0 Å². The molecule has 6 heteroatoms. The number of pyridine rings is 2. The predicted octanol–water partition coefficient (Wildman–Crippen LogP) is 2.38. The number of aryl methyl sites for hydroxylation is 1. The van der Waals surface area contributed by atoms with Gasteiger partial charge in [0.2, 0.25) is 0 Å². The van der Waals surface area contributed by atoms with E-state index in [1.54, 1.807) is 31.5 Å². The Bertz CT molecular complexity index is 600. The zero-order chi connectivity index (χ0) is 13.1. The first-order valence-corrected chi connectivity index (χ1v) is 5.99. The first-order valence-electron chi connectivity index (χ1n) is 5.20. The number of nitrogens with two attached hydrogens (primary N) is 1. The van der Waals surface area contributed by atoms with Gasteiger partial charge in [-0.05, 0) is 35.0 Å². The molecule has 0 atom stereocenters. The highest BCUT2D eigenvalue weighted by molar-refractivity contribution is 9.10. The van der Waals surface area contributed by atoms with Gasteiger partial charge in [0, 0.05) is 10.7 Å². The number of rotatable bonds is 2. The third kappa shape index (κ3) is 2.84. The molecule has 0 saturated heterocycles. The highest BCUT2D eigenvalue weighted by atomic mass is 79.9. The van der Waals surface area contributed by atoms with Crippen molar-refractivity contribution in [1.29, 1.82) is 0 Å². The number of nitrogen functional groups attached to an aromatic ring is 1. The SMILES string of the molecule is Cc1ncc(N)cc1C(=O)Nc1cncc(Br)c1. The number of carbonyl (C=O) groups is 1. The van der Waals surface area contributed by atoms with Crippen LogP contribution in [0, 0.1) is 6.92 Å². The number of nitrogens with zero attached hydrogens (tertiary/aromatic N) is 2. The molecule has 0 spiro atoms. The largest absolute Gasteiger partial charge is 0.397 e. The number of carbonyl (C=O) groups excluding carboxylic acids is 1. The first kappa shape index (κ1) is 12.5. The Morgan fingerprint density at radius 1 is 1.33 bits per heavy atom. The summed E-state index contributed by atoms with van der Waals surface area (Å²) in [5, 5.41) is 2.74. The van der Waals surface area contributed by atoms with E-state index in [1.807, 2.05) is 0 Å². The lowest BCUT2D eigenvalue weighted by atomic mass is 10.2. The minimum atomic E-state index is -0.257. The fraction of sp³-hybridized carbons (Fsp3) is 0.0833. The van der Waals surface area contributed by atoms with Crippen LogP contribution >= 0.6 is 15.9 Å². The minimum Gasteiger partial charge on any atom is -0.397 e. The molecule has 0 aromatic carbocycles. The molecular weight excluding hydrogens is 296 g/mol. The van der Waals surface area contributed by atoms with Crippen LogP contribution in [0.1, 0.15) is 16.1 Å². The maximum Gasteiger partial charge on any atom is 0.257 e. The molecule has 0 unspecified atom stereocenters. The summed E-state index contributed by atoms with van der Waals surface area (Å²) in [6.45, 7) is 1.76. The molecule has 92 valence electrons. The van der Waals surface area contributed by atoms with Crippen LogP contribution in [0.3, 0.4) is 0 Å². The van der Waals surface area contributed by atoms with E-state index in [-0.39, 0.29) is 5.91 Å². The molecule has 0 fully saturated rings. The van der Waals surface area contributed by atoms with Crippen LogP contribution in [-0.4, -0.2) is 15.9 Å². The fourth-order valence-corrected chi connectivity index (χ4v) is 1.82. The summed E-state index contributed by atoms with van der Waals surface area (Å²) < 4.78 is 0.794. The van der Waals surface area contributed by atoms with Crippen LogP contribution < -0.4 is 11.1 Å². The van der Waals surface area contributed by atoms with E-state index < -0.39 is 0 Å². The number of aromatic nitrogens is 2. The second-order valence-electron chi connectivity index (χ2n) is 3.75. The Kier molecular flexibility index (Phi) is 3.57. The van der Waals surface area contributed by atoms with Gasteiger partial charge in [0.25, 0.3) is 5.91 Å². The van der Waals surface area contributed by atoms with E-state index in [2.05, 4.69) is 31.2 Å². The lowest BCUT2D eigenvalue weighted by molar-refractivity contribution is 0.102. The number of halogens is 1.